The number of carbonyl (C=O) groups is 4. The van der Waals surface area contributed by atoms with Crippen molar-refractivity contribution in [3.05, 3.63) is 64.6 Å². The second kappa shape index (κ2) is 21.5. The first kappa shape index (κ1) is 41.7. The minimum absolute atomic E-state index is 0.0240. The largest absolute Gasteiger partial charge is 0.390 e. The van der Waals surface area contributed by atoms with Crippen LogP contribution in [0.3, 0.4) is 0 Å². The number of benzene rings is 2. The van der Waals surface area contributed by atoms with Crippen LogP contribution in [0, 0.1) is 11.8 Å². The van der Waals surface area contributed by atoms with E-state index in [0.29, 0.717) is 77.1 Å². The average molecular weight is 791 g/mol. The molecule has 0 spiro atoms. The average Bonchev–Trinajstić information content (AvgIpc) is 3.74. The third-order valence-corrected chi connectivity index (χ3v) is 12.0. The summed E-state index contributed by atoms with van der Waals surface area (Å²) in [6, 6.07) is 12.2. The number of aliphatic hydroxyl groups excluding tert-OH is 1. The first-order valence-electron chi connectivity index (χ1n) is 20.4. The highest BCUT2D eigenvalue weighted by Gasteiger charge is 2.34. The first-order valence-corrected chi connectivity index (χ1v) is 21.3. The molecule has 1 aromatic heterocycles. The minimum Gasteiger partial charge on any atom is -0.390 e. The van der Waals surface area contributed by atoms with Crippen LogP contribution in [0.15, 0.2) is 53.4 Å². The smallest absolute Gasteiger partial charge is 0.243 e. The number of morpholine rings is 2. The maximum atomic E-state index is 14.4. The first-order chi connectivity index (χ1) is 27.3. The van der Waals surface area contributed by atoms with Gasteiger partial charge in [0.1, 0.15) is 6.04 Å². The van der Waals surface area contributed by atoms with E-state index >= 15 is 0 Å². The van der Waals surface area contributed by atoms with Gasteiger partial charge in [0.05, 0.1) is 62.1 Å². The molecule has 0 unspecified atom stereocenters. The quantitative estimate of drug-likeness (QED) is 0.152. The Hall–Kier alpha value is -3.95. The van der Waals surface area contributed by atoms with Gasteiger partial charge in [-0.3, -0.25) is 24.1 Å². The van der Waals surface area contributed by atoms with E-state index in [2.05, 4.69) is 25.8 Å². The monoisotopic (exact) mass is 790 g/mol. The van der Waals surface area contributed by atoms with Crippen LogP contribution in [0.1, 0.15) is 62.6 Å². The number of amides is 4. The van der Waals surface area contributed by atoms with Gasteiger partial charge in [-0.25, -0.2) is 4.98 Å². The lowest BCUT2D eigenvalue weighted by Crippen LogP contribution is -2.55. The molecule has 0 bridgehead atoms. The van der Waals surface area contributed by atoms with E-state index < -0.39 is 35.9 Å². The number of nitrogens with one attached hydrogen (secondary N) is 3. The number of hydrogen-bond acceptors (Lipinski definition) is 10. The van der Waals surface area contributed by atoms with Crippen molar-refractivity contribution in [1.82, 2.24) is 30.7 Å². The van der Waals surface area contributed by atoms with Crippen molar-refractivity contribution in [2.45, 2.75) is 82.4 Å². The van der Waals surface area contributed by atoms with E-state index in [9.17, 15) is 24.3 Å². The molecule has 2 saturated heterocycles. The van der Waals surface area contributed by atoms with Gasteiger partial charge < -0.3 is 35.4 Å². The minimum atomic E-state index is -1.12. The summed E-state index contributed by atoms with van der Waals surface area (Å²) in [6.07, 6.45) is 5.01. The highest BCUT2D eigenvalue weighted by molar-refractivity contribution is 7.07. The third-order valence-electron chi connectivity index (χ3n) is 11.4. The third kappa shape index (κ3) is 12.5. The molecule has 0 radical (unpaired) electrons. The summed E-state index contributed by atoms with van der Waals surface area (Å²) in [6.45, 7) is 5.98. The lowest BCUT2D eigenvalue weighted by molar-refractivity contribution is -0.140. The van der Waals surface area contributed by atoms with Crippen LogP contribution in [0.5, 0.6) is 0 Å². The summed E-state index contributed by atoms with van der Waals surface area (Å²) in [5.41, 5.74) is 3.27. The standard InChI is InChI=1S/C42H58N6O7S/c49-38(27-39(50)43-13-14-47-15-19-54-20-16-47)36(23-30-7-2-1-3-8-30)45-42(53)37(26-34-28-56-29-44-34)46-41(52)33(25-40(51)48-17-21-55-22-18-48)24-32-11-6-10-31-9-4-5-12-35(31)32/h4-6,9-12,28-30,33,36-38,49H,1-3,7-8,13-27H2,(H,43,50)(H,45,53)(H,46,52)/t33-,36-,37-,38-/m0/s1. The molecule has 2 aromatic carbocycles. The van der Waals surface area contributed by atoms with Crippen molar-refractivity contribution >= 4 is 45.7 Å². The van der Waals surface area contributed by atoms with Gasteiger partial charge in [-0.1, -0.05) is 74.6 Å². The molecule has 13 nitrogen and oxygen atoms in total. The second-order valence-electron chi connectivity index (χ2n) is 15.4. The molecule has 3 aliphatic rings. The van der Waals surface area contributed by atoms with Crippen LogP contribution in [0.2, 0.25) is 0 Å². The van der Waals surface area contributed by atoms with E-state index in [1.807, 2.05) is 47.8 Å². The van der Waals surface area contributed by atoms with Gasteiger partial charge in [0.25, 0.3) is 0 Å². The number of nitrogens with zero attached hydrogens (tertiary/aromatic N) is 3. The van der Waals surface area contributed by atoms with Gasteiger partial charge in [-0.2, -0.15) is 0 Å². The second-order valence-corrected chi connectivity index (χ2v) is 16.1. The summed E-state index contributed by atoms with van der Waals surface area (Å²) < 4.78 is 10.9. The Kier molecular flexibility index (Phi) is 16.0. The SMILES string of the molecule is O=C(C[C@H](O)[C@H](CC1CCCCC1)NC(=O)[C@H](Cc1cscn1)NC(=O)[C@H](CC(=O)N1CCOCC1)Cc1cccc2ccccc12)NCCN1CCOCC1. The van der Waals surface area contributed by atoms with Gasteiger partial charge in [0, 0.05) is 57.5 Å². The number of carbonyl (C=O) groups excluding carboxylic acids is 4. The Balaban J connectivity index is 1.17. The molecule has 1 saturated carbocycles. The summed E-state index contributed by atoms with van der Waals surface area (Å²) in [5.74, 6) is -1.72. The maximum absolute atomic E-state index is 14.4. The predicted molar refractivity (Wildman–Crippen MR) is 215 cm³/mol. The van der Waals surface area contributed by atoms with E-state index in [1.54, 1.807) is 10.4 Å². The lowest BCUT2D eigenvalue weighted by Gasteiger charge is -2.32. The molecule has 6 rings (SSSR count). The van der Waals surface area contributed by atoms with Crippen molar-refractivity contribution in [3.8, 4) is 0 Å². The van der Waals surface area contributed by atoms with Gasteiger partial charge in [-0.15, -0.1) is 11.3 Å². The molecule has 1 aliphatic carbocycles. The number of rotatable bonds is 18. The zero-order chi connectivity index (χ0) is 39.1. The molecule has 3 heterocycles. The lowest BCUT2D eigenvalue weighted by atomic mass is 9.83. The van der Waals surface area contributed by atoms with E-state index in [-0.39, 0.29) is 31.1 Å². The Morgan fingerprint density at radius 2 is 1.59 bits per heavy atom. The molecule has 304 valence electrons. The molecule has 2 aliphatic heterocycles. The molecular formula is C42H58N6O7S. The fourth-order valence-electron chi connectivity index (χ4n) is 8.15. The maximum Gasteiger partial charge on any atom is 0.243 e. The number of ether oxygens (including phenoxy) is 2. The van der Waals surface area contributed by atoms with Crippen molar-refractivity contribution in [2.24, 2.45) is 11.8 Å². The highest BCUT2D eigenvalue weighted by atomic mass is 32.1. The number of fused-ring (bicyclic) bond motifs is 1. The molecule has 56 heavy (non-hydrogen) atoms. The van der Waals surface area contributed by atoms with Gasteiger partial charge in [-0.05, 0) is 35.1 Å². The fraction of sp³-hybridized carbons (Fsp3) is 0.595. The molecule has 14 heteroatoms. The Morgan fingerprint density at radius 3 is 2.34 bits per heavy atom. The van der Waals surface area contributed by atoms with Crippen LogP contribution in [0.25, 0.3) is 10.8 Å². The molecular weight excluding hydrogens is 733 g/mol. The van der Waals surface area contributed by atoms with E-state index in [1.165, 1.54) is 11.3 Å². The summed E-state index contributed by atoms with van der Waals surface area (Å²) in [4.78, 5) is 63.8. The number of hydrogen-bond donors (Lipinski definition) is 4. The number of aromatic nitrogens is 1. The highest BCUT2D eigenvalue weighted by Crippen LogP contribution is 2.29. The fourth-order valence-corrected chi connectivity index (χ4v) is 8.72. The predicted octanol–water partition coefficient (Wildman–Crippen LogP) is 3.09. The van der Waals surface area contributed by atoms with Crippen molar-refractivity contribution in [2.75, 3.05) is 65.7 Å². The number of thiazole rings is 1. The van der Waals surface area contributed by atoms with Crippen LogP contribution < -0.4 is 16.0 Å². The Labute approximate surface area is 333 Å². The molecule has 3 aromatic rings. The Bertz CT molecular complexity index is 1700. The molecule has 4 atom stereocenters. The van der Waals surface area contributed by atoms with Crippen LogP contribution >= 0.6 is 11.3 Å². The van der Waals surface area contributed by atoms with E-state index in [0.717, 1.165) is 61.5 Å². The zero-order valence-corrected chi connectivity index (χ0v) is 33.2. The van der Waals surface area contributed by atoms with Crippen molar-refractivity contribution < 1.29 is 33.8 Å². The van der Waals surface area contributed by atoms with Crippen LogP contribution in [-0.4, -0.2) is 127 Å². The number of aliphatic hydroxyl groups is 1. The topological polar surface area (TPSA) is 162 Å². The molecule has 4 amide bonds. The van der Waals surface area contributed by atoms with E-state index in [4.69, 9.17) is 9.47 Å². The summed E-state index contributed by atoms with van der Waals surface area (Å²) in [5, 5.41) is 24.5. The summed E-state index contributed by atoms with van der Waals surface area (Å²) >= 11 is 1.40. The van der Waals surface area contributed by atoms with Gasteiger partial charge >= 0.3 is 0 Å². The van der Waals surface area contributed by atoms with Crippen molar-refractivity contribution in [3.63, 3.8) is 0 Å². The van der Waals surface area contributed by atoms with Crippen LogP contribution in [0.4, 0.5) is 0 Å². The van der Waals surface area contributed by atoms with Crippen LogP contribution in [-0.2, 0) is 41.5 Å². The molecule has 3 fully saturated rings. The molecule has 4 N–H and O–H groups in total. The van der Waals surface area contributed by atoms with Crippen molar-refractivity contribution in [1.29, 1.82) is 0 Å². The Morgan fingerprint density at radius 1 is 0.857 bits per heavy atom. The van der Waals surface area contributed by atoms with Gasteiger partial charge in [0.2, 0.25) is 23.6 Å². The normalized spacial score (nSPS) is 19.1. The summed E-state index contributed by atoms with van der Waals surface area (Å²) in [7, 11) is 0. The van der Waals surface area contributed by atoms with Gasteiger partial charge in [0.15, 0.2) is 0 Å². The zero-order valence-electron chi connectivity index (χ0n) is 32.4.